The zero-order chi connectivity index (χ0) is 16.9. The summed E-state index contributed by atoms with van der Waals surface area (Å²) >= 11 is 6.01. The maximum atomic E-state index is 12.2. The molecule has 0 saturated carbocycles. The number of benzene rings is 1. The van der Waals surface area contributed by atoms with Crippen LogP contribution in [-0.2, 0) is 11.3 Å². The summed E-state index contributed by atoms with van der Waals surface area (Å²) in [7, 11) is 0. The summed E-state index contributed by atoms with van der Waals surface area (Å²) in [5.41, 5.74) is 1.04. The van der Waals surface area contributed by atoms with Crippen molar-refractivity contribution in [3.8, 4) is 5.69 Å². The van der Waals surface area contributed by atoms with Crippen LogP contribution in [0.1, 0.15) is 6.42 Å². The van der Waals surface area contributed by atoms with E-state index in [-0.39, 0.29) is 17.9 Å². The minimum atomic E-state index is -0.227. The van der Waals surface area contributed by atoms with E-state index < -0.39 is 0 Å². The first-order valence-electron chi connectivity index (χ1n) is 7.23. The number of nitrogens with zero attached hydrogens (tertiary/aromatic N) is 4. The molecule has 0 bridgehead atoms. The van der Waals surface area contributed by atoms with Gasteiger partial charge in [-0.1, -0.05) is 17.7 Å². The number of nitrogens with one attached hydrogen (secondary N) is 1. The molecule has 1 N–H and O–H groups in total. The number of carbonyl (C=O) groups is 1. The molecular weight excluding hydrogens is 330 g/mol. The van der Waals surface area contributed by atoms with Gasteiger partial charge in [0, 0.05) is 30.3 Å². The molecule has 24 heavy (non-hydrogen) atoms. The molecule has 3 rings (SSSR count). The summed E-state index contributed by atoms with van der Waals surface area (Å²) in [4.78, 5) is 27.7. The van der Waals surface area contributed by atoms with E-state index in [9.17, 15) is 9.59 Å². The molecule has 7 nitrogen and oxygen atoms in total. The SMILES string of the molecule is O=C(CCn1ccccc1=O)Nc1cc(Cl)ccc1-n1cncn1. The van der Waals surface area contributed by atoms with Gasteiger partial charge in [0.05, 0.1) is 11.4 Å². The highest BCUT2D eigenvalue weighted by atomic mass is 35.5. The van der Waals surface area contributed by atoms with Crippen LogP contribution in [0.15, 0.2) is 60.0 Å². The third kappa shape index (κ3) is 3.69. The van der Waals surface area contributed by atoms with Gasteiger partial charge in [-0.25, -0.2) is 9.67 Å². The van der Waals surface area contributed by atoms with E-state index in [0.717, 1.165) is 0 Å². The molecule has 2 aromatic heterocycles. The van der Waals surface area contributed by atoms with Gasteiger partial charge in [-0.2, -0.15) is 5.10 Å². The highest BCUT2D eigenvalue weighted by Crippen LogP contribution is 2.24. The number of amides is 1. The van der Waals surface area contributed by atoms with Crippen molar-refractivity contribution in [2.75, 3.05) is 5.32 Å². The van der Waals surface area contributed by atoms with Gasteiger partial charge in [-0.05, 0) is 24.3 Å². The Labute approximate surface area is 142 Å². The number of anilines is 1. The Kier molecular flexibility index (Phi) is 4.72. The summed E-state index contributed by atoms with van der Waals surface area (Å²) < 4.78 is 3.02. The Hall–Kier alpha value is -2.93. The number of hydrogen-bond acceptors (Lipinski definition) is 4. The average Bonchev–Trinajstić information content (AvgIpc) is 3.08. The van der Waals surface area contributed by atoms with Gasteiger partial charge >= 0.3 is 0 Å². The summed E-state index contributed by atoms with van der Waals surface area (Å²) in [6, 6.07) is 9.96. The van der Waals surface area contributed by atoms with Gasteiger partial charge < -0.3 is 9.88 Å². The quantitative estimate of drug-likeness (QED) is 0.769. The van der Waals surface area contributed by atoms with Gasteiger partial charge in [-0.15, -0.1) is 0 Å². The Morgan fingerprint density at radius 1 is 1.25 bits per heavy atom. The predicted molar refractivity (Wildman–Crippen MR) is 90.3 cm³/mol. The van der Waals surface area contributed by atoms with Crippen molar-refractivity contribution in [1.29, 1.82) is 0 Å². The molecular formula is C16H14ClN5O2. The number of hydrogen-bond donors (Lipinski definition) is 1. The standard InChI is InChI=1S/C16H14ClN5O2/c17-12-4-5-14(22-11-18-10-19-22)13(9-12)20-15(23)6-8-21-7-2-1-3-16(21)24/h1-5,7,9-11H,6,8H2,(H,20,23). The number of aromatic nitrogens is 4. The molecule has 8 heteroatoms. The van der Waals surface area contributed by atoms with Gasteiger partial charge in [0.1, 0.15) is 12.7 Å². The van der Waals surface area contributed by atoms with Crippen molar-refractivity contribution >= 4 is 23.2 Å². The van der Waals surface area contributed by atoms with E-state index in [2.05, 4.69) is 15.4 Å². The minimum absolute atomic E-state index is 0.142. The molecule has 0 radical (unpaired) electrons. The molecule has 0 aliphatic heterocycles. The van der Waals surface area contributed by atoms with Gasteiger partial charge in [0.25, 0.3) is 5.56 Å². The zero-order valence-corrected chi connectivity index (χ0v) is 13.3. The molecule has 2 heterocycles. The maximum Gasteiger partial charge on any atom is 0.250 e. The van der Waals surface area contributed by atoms with Crippen LogP contribution in [0.2, 0.25) is 5.02 Å². The third-order valence-electron chi connectivity index (χ3n) is 3.38. The van der Waals surface area contributed by atoms with Crippen LogP contribution >= 0.6 is 11.6 Å². The molecule has 0 spiro atoms. The first-order chi connectivity index (χ1) is 11.6. The summed E-state index contributed by atoms with van der Waals surface area (Å²) in [6.07, 6.45) is 4.74. The van der Waals surface area contributed by atoms with E-state index in [4.69, 9.17) is 11.6 Å². The Balaban J connectivity index is 1.74. The first kappa shape index (κ1) is 15.9. The fourth-order valence-corrected chi connectivity index (χ4v) is 2.39. The highest BCUT2D eigenvalue weighted by molar-refractivity contribution is 6.31. The molecule has 0 aliphatic carbocycles. The van der Waals surface area contributed by atoms with Gasteiger partial charge in [0.2, 0.25) is 5.91 Å². The molecule has 0 atom stereocenters. The van der Waals surface area contributed by atoms with Crippen molar-refractivity contribution in [1.82, 2.24) is 19.3 Å². The number of carbonyl (C=O) groups excluding carboxylic acids is 1. The van der Waals surface area contributed by atoms with E-state index in [1.54, 1.807) is 36.5 Å². The van der Waals surface area contributed by atoms with Crippen molar-refractivity contribution in [2.45, 2.75) is 13.0 Å². The Morgan fingerprint density at radius 2 is 2.12 bits per heavy atom. The van der Waals surface area contributed by atoms with Crippen LogP contribution in [-0.4, -0.2) is 25.2 Å². The van der Waals surface area contributed by atoms with Gasteiger partial charge in [0.15, 0.2) is 0 Å². The molecule has 122 valence electrons. The molecule has 1 aromatic carbocycles. The largest absolute Gasteiger partial charge is 0.324 e. The Bertz CT molecular complexity index is 905. The smallest absolute Gasteiger partial charge is 0.250 e. The normalized spacial score (nSPS) is 10.5. The van der Waals surface area contributed by atoms with E-state index in [1.165, 1.54) is 28.0 Å². The lowest BCUT2D eigenvalue weighted by atomic mass is 10.2. The number of pyridine rings is 1. The molecule has 0 aliphatic rings. The molecule has 0 saturated heterocycles. The van der Waals surface area contributed by atoms with Crippen LogP contribution in [0.4, 0.5) is 5.69 Å². The lowest BCUT2D eigenvalue weighted by Crippen LogP contribution is -2.22. The van der Waals surface area contributed by atoms with Crippen LogP contribution in [0.25, 0.3) is 5.69 Å². The second kappa shape index (κ2) is 7.10. The molecule has 1 amide bonds. The molecule has 3 aromatic rings. The van der Waals surface area contributed by atoms with Crippen LogP contribution in [0, 0.1) is 0 Å². The fourth-order valence-electron chi connectivity index (χ4n) is 2.22. The second-order valence-electron chi connectivity index (χ2n) is 5.03. The van der Waals surface area contributed by atoms with Crippen LogP contribution in [0.3, 0.4) is 0 Å². The maximum absolute atomic E-state index is 12.2. The molecule has 0 unspecified atom stereocenters. The minimum Gasteiger partial charge on any atom is -0.324 e. The zero-order valence-electron chi connectivity index (χ0n) is 12.6. The highest BCUT2D eigenvalue weighted by Gasteiger charge is 2.10. The van der Waals surface area contributed by atoms with Gasteiger partial charge in [-0.3, -0.25) is 9.59 Å². The topological polar surface area (TPSA) is 81.8 Å². The van der Waals surface area contributed by atoms with Crippen LogP contribution < -0.4 is 10.9 Å². The number of rotatable bonds is 5. The fraction of sp³-hybridized carbons (Fsp3) is 0.125. The number of aryl methyl sites for hydroxylation is 1. The third-order valence-corrected chi connectivity index (χ3v) is 3.61. The number of halogens is 1. The van der Waals surface area contributed by atoms with Crippen molar-refractivity contribution < 1.29 is 4.79 Å². The van der Waals surface area contributed by atoms with E-state index >= 15 is 0 Å². The van der Waals surface area contributed by atoms with Crippen molar-refractivity contribution in [3.05, 3.63) is 70.6 Å². The van der Waals surface area contributed by atoms with Crippen molar-refractivity contribution in [2.24, 2.45) is 0 Å². The average molecular weight is 344 g/mol. The second-order valence-corrected chi connectivity index (χ2v) is 5.47. The van der Waals surface area contributed by atoms with Crippen LogP contribution in [0.5, 0.6) is 0 Å². The predicted octanol–water partition coefficient (Wildman–Crippen LogP) is 2.11. The summed E-state index contributed by atoms with van der Waals surface area (Å²) in [6.45, 7) is 0.296. The lowest BCUT2D eigenvalue weighted by Gasteiger charge is -2.11. The first-order valence-corrected chi connectivity index (χ1v) is 7.61. The van der Waals surface area contributed by atoms with Crippen molar-refractivity contribution in [3.63, 3.8) is 0 Å². The van der Waals surface area contributed by atoms with E-state index in [1.807, 2.05) is 0 Å². The summed E-state index contributed by atoms with van der Waals surface area (Å²) in [5.74, 6) is -0.227. The lowest BCUT2D eigenvalue weighted by molar-refractivity contribution is -0.116. The summed E-state index contributed by atoms with van der Waals surface area (Å²) in [5, 5.41) is 7.35. The Morgan fingerprint density at radius 3 is 2.88 bits per heavy atom. The van der Waals surface area contributed by atoms with E-state index in [0.29, 0.717) is 22.9 Å². The monoisotopic (exact) mass is 343 g/mol. The molecule has 0 fully saturated rings.